The summed E-state index contributed by atoms with van der Waals surface area (Å²) >= 11 is 0. The van der Waals surface area contributed by atoms with Gasteiger partial charge in [-0.2, -0.15) is 0 Å². The summed E-state index contributed by atoms with van der Waals surface area (Å²) in [5.41, 5.74) is 4.31. The van der Waals surface area contributed by atoms with E-state index < -0.39 is 5.60 Å². The van der Waals surface area contributed by atoms with Gasteiger partial charge in [0.1, 0.15) is 16.9 Å². The molecule has 0 saturated heterocycles. The number of ether oxygens (including phenoxy) is 2. The molecule has 3 heteroatoms. The van der Waals surface area contributed by atoms with Gasteiger partial charge < -0.3 is 9.47 Å². The second-order valence-electron chi connectivity index (χ2n) is 8.06. The SMILES string of the molecule is C/C=C(\C1=C(OC)CC(CCC)(CCc2ccccc2)OC1=O)c1cccc(C)c1.CC. The Bertz CT molecular complexity index is 940. The van der Waals surface area contributed by atoms with Crippen LogP contribution >= 0.6 is 0 Å². The van der Waals surface area contributed by atoms with E-state index in [0.717, 1.165) is 48.1 Å². The first-order valence-electron chi connectivity index (χ1n) is 11.8. The third kappa shape index (κ3) is 6.12. The van der Waals surface area contributed by atoms with Crippen LogP contribution in [-0.2, 0) is 20.7 Å². The summed E-state index contributed by atoms with van der Waals surface area (Å²) in [6.07, 6.45) is 6.00. The predicted molar refractivity (Wildman–Crippen MR) is 133 cm³/mol. The number of carbonyl (C=O) groups is 1. The summed E-state index contributed by atoms with van der Waals surface area (Å²) in [6, 6.07) is 18.5. The molecule has 1 unspecified atom stereocenters. The molecule has 0 N–H and O–H groups in total. The van der Waals surface area contributed by atoms with Gasteiger partial charge in [0.15, 0.2) is 0 Å². The van der Waals surface area contributed by atoms with E-state index in [1.54, 1.807) is 7.11 Å². The maximum Gasteiger partial charge on any atom is 0.342 e. The van der Waals surface area contributed by atoms with Crippen LogP contribution in [0.3, 0.4) is 0 Å². The van der Waals surface area contributed by atoms with Crippen molar-refractivity contribution in [3.05, 3.63) is 88.7 Å². The molecule has 0 spiro atoms. The van der Waals surface area contributed by atoms with Gasteiger partial charge in [0, 0.05) is 6.42 Å². The number of hydrogen-bond donors (Lipinski definition) is 0. The van der Waals surface area contributed by atoms with Gasteiger partial charge in [0.25, 0.3) is 0 Å². The Morgan fingerprint density at radius 2 is 1.81 bits per heavy atom. The largest absolute Gasteiger partial charge is 0.500 e. The van der Waals surface area contributed by atoms with E-state index in [4.69, 9.17) is 9.47 Å². The normalized spacial score (nSPS) is 18.6. The van der Waals surface area contributed by atoms with Crippen molar-refractivity contribution in [1.29, 1.82) is 0 Å². The molecule has 2 aromatic rings. The van der Waals surface area contributed by atoms with Crippen LogP contribution in [0.2, 0.25) is 0 Å². The Hall–Kier alpha value is -2.81. The van der Waals surface area contributed by atoms with Crippen molar-refractivity contribution in [3.63, 3.8) is 0 Å². The first-order valence-corrected chi connectivity index (χ1v) is 11.8. The molecule has 0 amide bonds. The monoisotopic (exact) mass is 434 g/mol. The zero-order valence-corrected chi connectivity index (χ0v) is 20.5. The minimum Gasteiger partial charge on any atom is -0.500 e. The number of hydrogen-bond acceptors (Lipinski definition) is 3. The maximum absolute atomic E-state index is 13.3. The fraction of sp³-hybridized carbons (Fsp3) is 0.414. The van der Waals surface area contributed by atoms with Crippen molar-refractivity contribution in [2.45, 2.75) is 72.3 Å². The first-order chi connectivity index (χ1) is 15.5. The Kier molecular flexibility index (Phi) is 9.77. The lowest BCUT2D eigenvalue weighted by Crippen LogP contribution is -2.41. The Labute approximate surface area is 194 Å². The number of methoxy groups -OCH3 is 1. The summed E-state index contributed by atoms with van der Waals surface area (Å²) in [5.74, 6) is 0.441. The van der Waals surface area contributed by atoms with E-state index >= 15 is 0 Å². The van der Waals surface area contributed by atoms with E-state index in [9.17, 15) is 4.79 Å². The van der Waals surface area contributed by atoms with E-state index in [1.165, 1.54) is 5.56 Å². The zero-order valence-electron chi connectivity index (χ0n) is 20.5. The lowest BCUT2D eigenvalue weighted by atomic mass is 9.82. The summed E-state index contributed by atoms with van der Waals surface area (Å²) in [7, 11) is 1.66. The van der Waals surface area contributed by atoms with Crippen molar-refractivity contribution in [2.24, 2.45) is 0 Å². The topological polar surface area (TPSA) is 35.5 Å². The summed E-state index contributed by atoms with van der Waals surface area (Å²) < 4.78 is 12.0. The number of aryl methyl sites for hydroxylation is 2. The van der Waals surface area contributed by atoms with Gasteiger partial charge in [-0.05, 0) is 49.8 Å². The lowest BCUT2D eigenvalue weighted by Gasteiger charge is -2.38. The molecule has 1 aliphatic rings. The Morgan fingerprint density at radius 1 is 1.09 bits per heavy atom. The van der Waals surface area contributed by atoms with Crippen molar-refractivity contribution in [2.75, 3.05) is 7.11 Å². The van der Waals surface area contributed by atoms with Crippen molar-refractivity contribution in [3.8, 4) is 0 Å². The summed E-state index contributed by atoms with van der Waals surface area (Å²) in [4.78, 5) is 13.3. The molecule has 3 nitrogen and oxygen atoms in total. The van der Waals surface area contributed by atoms with Crippen LogP contribution in [0.4, 0.5) is 0 Å². The minimum atomic E-state index is -0.526. The van der Waals surface area contributed by atoms with Gasteiger partial charge in [0.05, 0.1) is 7.11 Å². The highest BCUT2D eigenvalue weighted by molar-refractivity contribution is 6.07. The van der Waals surface area contributed by atoms with Gasteiger partial charge in [0.2, 0.25) is 0 Å². The lowest BCUT2D eigenvalue weighted by molar-refractivity contribution is -0.160. The van der Waals surface area contributed by atoms with Crippen LogP contribution in [0.15, 0.2) is 72.0 Å². The fourth-order valence-corrected chi connectivity index (χ4v) is 4.36. The molecule has 2 aromatic carbocycles. The standard InChI is InChI=1S/C27H32O3.C2H6/c1-5-16-27(17-15-21-12-8-7-9-13-21)19-24(29-4)25(26(28)30-27)23(6-2)22-14-10-11-20(3)18-22;1-2/h6-14,18H,5,15-17,19H2,1-4H3;1-2H3/b23-6-;. The van der Waals surface area contributed by atoms with Crippen LogP contribution < -0.4 is 0 Å². The number of carbonyl (C=O) groups excluding carboxylic acids is 1. The number of allylic oxidation sites excluding steroid dienone is 1. The van der Waals surface area contributed by atoms with Crippen molar-refractivity contribution >= 4 is 11.5 Å². The highest BCUT2D eigenvalue weighted by atomic mass is 16.6. The third-order valence-corrected chi connectivity index (χ3v) is 5.83. The van der Waals surface area contributed by atoms with Crippen LogP contribution in [0, 0.1) is 6.92 Å². The minimum absolute atomic E-state index is 0.283. The van der Waals surface area contributed by atoms with Gasteiger partial charge in [-0.15, -0.1) is 0 Å². The molecular formula is C29H38O3. The smallest absolute Gasteiger partial charge is 0.342 e. The molecule has 0 saturated carbocycles. The summed E-state index contributed by atoms with van der Waals surface area (Å²) in [5, 5.41) is 0. The third-order valence-electron chi connectivity index (χ3n) is 5.83. The zero-order chi connectivity index (χ0) is 23.6. The molecule has 0 fully saturated rings. The van der Waals surface area contributed by atoms with Gasteiger partial charge in [-0.25, -0.2) is 4.79 Å². The van der Waals surface area contributed by atoms with E-state index in [-0.39, 0.29) is 5.97 Å². The molecule has 0 radical (unpaired) electrons. The molecule has 172 valence electrons. The summed E-state index contributed by atoms with van der Waals surface area (Å²) in [6.45, 7) is 10.1. The maximum atomic E-state index is 13.3. The molecular weight excluding hydrogens is 396 g/mol. The predicted octanol–water partition coefficient (Wildman–Crippen LogP) is 7.44. The molecule has 1 atom stereocenters. The molecule has 1 heterocycles. The second-order valence-corrected chi connectivity index (χ2v) is 8.06. The number of esters is 1. The molecule has 1 aliphatic heterocycles. The highest BCUT2D eigenvalue weighted by Gasteiger charge is 2.42. The van der Waals surface area contributed by atoms with Gasteiger partial charge in [-0.3, -0.25) is 0 Å². The molecule has 32 heavy (non-hydrogen) atoms. The Balaban J connectivity index is 0.00000176. The fourth-order valence-electron chi connectivity index (χ4n) is 4.36. The molecule has 3 rings (SSSR count). The first kappa shape index (κ1) is 25.5. The van der Waals surface area contributed by atoms with Gasteiger partial charge >= 0.3 is 5.97 Å². The Morgan fingerprint density at radius 3 is 2.41 bits per heavy atom. The number of cyclic esters (lactones) is 1. The van der Waals surface area contributed by atoms with Crippen LogP contribution in [-0.4, -0.2) is 18.7 Å². The van der Waals surface area contributed by atoms with E-state index in [1.807, 2.05) is 57.2 Å². The average molecular weight is 435 g/mol. The highest BCUT2D eigenvalue weighted by Crippen LogP contribution is 2.41. The van der Waals surface area contributed by atoms with E-state index in [0.29, 0.717) is 12.0 Å². The van der Waals surface area contributed by atoms with E-state index in [2.05, 4.69) is 38.1 Å². The number of rotatable bonds is 8. The van der Waals surface area contributed by atoms with Crippen molar-refractivity contribution in [1.82, 2.24) is 0 Å². The average Bonchev–Trinajstić information content (AvgIpc) is 2.82. The quantitative estimate of drug-likeness (QED) is 0.405. The molecule has 0 bridgehead atoms. The van der Waals surface area contributed by atoms with Crippen molar-refractivity contribution < 1.29 is 14.3 Å². The number of benzene rings is 2. The van der Waals surface area contributed by atoms with Crippen LogP contribution in [0.25, 0.3) is 5.57 Å². The van der Waals surface area contributed by atoms with Crippen LogP contribution in [0.1, 0.15) is 70.1 Å². The molecule has 0 aliphatic carbocycles. The molecule has 0 aromatic heterocycles. The van der Waals surface area contributed by atoms with Gasteiger partial charge in [-0.1, -0.05) is 93.4 Å². The second kappa shape index (κ2) is 12.3. The van der Waals surface area contributed by atoms with Crippen LogP contribution in [0.5, 0.6) is 0 Å².